The third-order valence-electron chi connectivity index (χ3n) is 5.28. The van der Waals surface area contributed by atoms with Crippen LogP contribution in [0, 0.1) is 0 Å². The van der Waals surface area contributed by atoms with Crippen molar-refractivity contribution in [3.63, 3.8) is 0 Å². The molecule has 3 amide bonds. The van der Waals surface area contributed by atoms with Crippen LogP contribution in [0.4, 0.5) is 10.5 Å². The number of hydrogen-bond donors (Lipinski definition) is 3. The molecule has 1 aliphatic rings. The predicted molar refractivity (Wildman–Crippen MR) is 118 cm³/mol. The highest BCUT2D eigenvalue weighted by Gasteiger charge is 2.26. The molecule has 1 aromatic heterocycles. The maximum absolute atomic E-state index is 12.7. The van der Waals surface area contributed by atoms with E-state index in [0.717, 1.165) is 50.8 Å². The summed E-state index contributed by atoms with van der Waals surface area (Å²) in [7, 11) is 1.88. The molecule has 168 valence electrons. The van der Waals surface area contributed by atoms with Crippen LogP contribution >= 0.6 is 0 Å². The molecule has 1 aliphatic carbocycles. The number of likely N-dealkylation sites (N-methyl/N-ethyl adjacent to an activating group) is 1. The highest BCUT2D eigenvalue weighted by Crippen LogP contribution is 2.24. The molecule has 0 aliphatic heterocycles. The summed E-state index contributed by atoms with van der Waals surface area (Å²) >= 11 is 0. The Kier molecular flexibility index (Phi) is 11.8. The van der Waals surface area contributed by atoms with Gasteiger partial charge in [-0.25, -0.2) is 9.86 Å². The number of aromatic nitrogens is 1. The van der Waals surface area contributed by atoms with Gasteiger partial charge in [0.2, 0.25) is 5.91 Å². The van der Waals surface area contributed by atoms with Crippen LogP contribution in [0.25, 0.3) is 0 Å². The Morgan fingerprint density at radius 2 is 1.80 bits per heavy atom. The molecule has 1 saturated carbocycles. The average molecular weight is 420 g/mol. The summed E-state index contributed by atoms with van der Waals surface area (Å²) in [4.78, 5) is 34.2. The van der Waals surface area contributed by atoms with E-state index >= 15 is 0 Å². The lowest BCUT2D eigenvalue weighted by molar-refractivity contribution is -0.203. The molecule has 0 saturated heterocycles. The summed E-state index contributed by atoms with van der Waals surface area (Å²) in [6.07, 6.45) is 13.2. The maximum Gasteiger partial charge on any atom is 0.319 e. The second-order valence-electron chi connectivity index (χ2n) is 7.73. The van der Waals surface area contributed by atoms with Crippen LogP contribution in [-0.2, 0) is 9.63 Å². The molecule has 0 bridgehead atoms. The van der Waals surface area contributed by atoms with Crippen molar-refractivity contribution in [1.29, 1.82) is 0 Å². The van der Waals surface area contributed by atoms with Crippen molar-refractivity contribution >= 4 is 17.6 Å². The summed E-state index contributed by atoms with van der Waals surface area (Å²) < 4.78 is 0. The molecule has 3 N–H and O–H groups in total. The van der Waals surface area contributed by atoms with Gasteiger partial charge in [-0.2, -0.15) is 0 Å². The fourth-order valence-corrected chi connectivity index (χ4v) is 3.62. The SMILES string of the molecule is CNCCON(C(=O)CCCCCCNC(=O)Nc1ccncc1)C1CCCCC1. The van der Waals surface area contributed by atoms with E-state index in [9.17, 15) is 9.59 Å². The number of carbonyl (C=O) groups excluding carboxylic acids is 2. The highest BCUT2D eigenvalue weighted by molar-refractivity contribution is 5.88. The quantitative estimate of drug-likeness (QED) is 0.336. The van der Waals surface area contributed by atoms with E-state index in [4.69, 9.17) is 4.84 Å². The van der Waals surface area contributed by atoms with Crippen LogP contribution in [-0.4, -0.2) is 54.8 Å². The van der Waals surface area contributed by atoms with E-state index in [-0.39, 0.29) is 18.0 Å². The number of hydrogen-bond acceptors (Lipinski definition) is 5. The lowest BCUT2D eigenvalue weighted by Crippen LogP contribution is -2.42. The van der Waals surface area contributed by atoms with Gasteiger partial charge in [0.1, 0.15) is 0 Å². The summed E-state index contributed by atoms with van der Waals surface area (Å²) in [6.45, 7) is 1.87. The smallest absolute Gasteiger partial charge is 0.319 e. The Balaban J connectivity index is 1.57. The van der Waals surface area contributed by atoms with Crippen LogP contribution in [0.2, 0.25) is 0 Å². The van der Waals surface area contributed by atoms with Gasteiger partial charge in [0, 0.05) is 37.6 Å². The first kappa shape index (κ1) is 24.1. The number of nitrogens with zero attached hydrogens (tertiary/aromatic N) is 2. The largest absolute Gasteiger partial charge is 0.338 e. The molecular formula is C22H37N5O3. The van der Waals surface area contributed by atoms with Crippen molar-refractivity contribution in [3.8, 4) is 0 Å². The second-order valence-corrected chi connectivity index (χ2v) is 7.73. The summed E-state index contributed by atoms with van der Waals surface area (Å²) in [5, 5.41) is 10.3. The topological polar surface area (TPSA) is 95.6 Å². The molecule has 0 atom stereocenters. The van der Waals surface area contributed by atoms with Gasteiger partial charge in [-0.3, -0.25) is 14.6 Å². The van der Waals surface area contributed by atoms with Crippen LogP contribution in [0.1, 0.15) is 64.2 Å². The van der Waals surface area contributed by atoms with Gasteiger partial charge in [0.15, 0.2) is 0 Å². The van der Waals surface area contributed by atoms with Gasteiger partial charge in [-0.1, -0.05) is 32.1 Å². The molecule has 2 rings (SSSR count). The molecule has 30 heavy (non-hydrogen) atoms. The van der Waals surface area contributed by atoms with Crippen molar-refractivity contribution in [1.82, 2.24) is 20.7 Å². The Morgan fingerprint density at radius 1 is 1.07 bits per heavy atom. The van der Waals surface area contributed by atoms with E-state index in [0.29, 0.717) is 19.6 Å². The number of nitrogens with one attached hydrogen (secondary N) is 3. The zero-order valence-electron chi connectivity index (χ0n) is 18.2. The van der Waals surface area contributed by atoms with Gasteiger partial charge in [0.05, 0.1) is 12.6 Å². The van der Waals surface area contributed by atoms with E-state index in [1.807, 2.05) is 7.05 Å². The van der Waals surface area contributed by atoms with Crippen molar-refractivity contribution in [3.05, 3.63) is 24.5 Å². The minimum atomic E-state index is -0.210. The lowest BCUT2D eigenvalue weighted by Gasteiger charge is -2.33. The number of urea groups is 1. The van der Waals surface area contributed by atoms with Gasteiger partial charge < -0.3 is 16.0 Å². The number of pyridine rings is 1. The fourth-order valence-electron chi connectivity index (χ4n) is 3.62. The zero-order valence-corrected chi connectivity index (χ0v) is 18.2. The average Bonchev–Trinajstić information content (AvgIpc) is 2.77. The van der Waals surface area contributed by atoms with Gasteiger partial charge in [-0.15, -0.1) is 0 Å². The van der Waals surface area contributed by atoms with Crippen molar-refractivity contribution in [2.24, 2.45) is 0 Å². The molecule has 1 fully saturated rings. The van der Waals surface area contributed by atoms with Gasteiger partial charge in [0.25, 0.3) is 0 Å². The van der Waals surface area contributed by atoms with Crippen molar-refractivity contribution < 1.29 is 14.4 Å². The first-order valence-electron chi connectivity index (χ1n) is 11.2. The third kappa shape index (κ3) is 9.54. The van der Waals surface area contributed by atoms with Crippen LogP contribution in [0.15, 0.2) is 24.5 Å². The Morgan fingerprint density at radius 3 is 2.53 bits per heavy atom. The Labute approximate surface area is 180 Å². The molecular weight excluding hydrogens is 382 g/mol. The summed E-state index contributed by atoms with van der Waals surface area (Å²) in [6, 6.07) is 3.51. The summed E-state index contributed by atoms with van der Waals surface area (Å²) in [5.74, 6) is 0.104. The molecule has 8 nitrogen and oxygen atoms in total. The highest BCUT2D eigenvalue weighted by atomic mass is 16.7. The van der Waals surface area contributed by atoms with Crippen LogP contribution < -0.4 is 16.0 Å². The molecule has 0 aromatic carbocycles. The van der Waals surface area contributed by atoms with Crippen molar-refractivity contribution in [2.45, 2.75) is 70.3 Å². The standard InChI is InChI=1S/C22H37N5O3/c1-23-17-18-30-27(20-9-5-4-6-10-20)21(28)11-7-2-3-8-14-25-22(29)26-19-12-15-24-16-13-19/h12-13,15-16,20,23H,2-11,14,17-18H2,1H3,(H2,24,25,26,29). The van der Waals surface area contributed by atoms with E-state index in [1.54, 1.807) is 29.6 Å². The van der Waals surface area contributed by atoms with Crippen LogP contribution in [0.5, 0.6) is 0 Å². The number of carbonyl (C=O) groups is 2. The normalized spacial score (nSPS) is 14.3. The predicted octanol–water partition coefficient (Wildman–Crippen LogP) is 3.47. The fraction of sp³-hybridized carbons (Fsp3) is 0.682. The summed E-state index contributed by atoms with van der Waals surface area (Å²) in [5.41, 5.74) is 0.723. The Hall–Kier alpha value is -2.19. The lowest BCUT2D eigenvalue weighted by atomic mass is 9.95. The van der Waals surface area contributed by atoms with Gasteiger partial charge in [-0.05, 0) is 44.9 Å². The van der Waals surface area contributed by atoms with E-state index in [2.05, 4.69) is 20.9 Å². The minimum absolute atomic E-state index is 0.104. The molecule has 1 aromatic rings. The first-order valence-corrected chi connectivity index (χ1v) is 11.2. The molecule has 0 unspecified atom stereocenters. The van der Waals surface area contributed by atoms with Gasteiger partial charge >= 0.3 is 6.03 Å². The van der Waals surface area contributed by atoms with E-state index < -0.39 is 0 Å². The first-order chi connectivity index (χ1) is 14.7. The van der Waals surface area contributed by atoms with E-state index in [1.165, 1.54) is 19.3 Å². The third-order valence-corrected chi connectivity index (χ3v) is 5.28. The molecule has 0 radical (unpaired) electrons. The molecule has 1 heterocycles. The number of rotatable bonds is 13. The molecule has 8 heteroatoms. The Bertz CT molecular complexity index is 608. The number of anilines is 1. The number of hydroxylamine groups is 2. The zero-order chi connectivity index (χ0) is 21.4. The van der Waals surface area contributed by atoms with Crippen LogP contribution in [0.3, 0.4) is 0 Å². The monoisotopic (exact) mass is 419 g/mol. The maximum atomic E-state index is 12.7. The molecule has 0 spiro atoms. The number of amides is 3. The minimum Gasteiger partial charge on any atom is -0.338 e. The number of unbranched alkanes of at least 4 members (excludes halogenated alkanes) is 3. The van der Waals surface area contributed by atoms with Crippen molar-refractivity contribution in [2.75, 3.05) is 32.1 Å². The second kappa shape index (κ2) is 14.7.